The smallest absolute Gasteiger partial charge is 0.126 e. The van der Waals surface area contributed by atoms with Crippen molar-refractivity contribution in [1.29, 1.82) is 0 Å². The number of hydrogen-bond donors (Lipinski definition) is 0. The summed E-state index contributed by atoms with van der Waals surface area (Å²) >= 11 is 0. The Morgan fingerprint density at radius 1 is 1.83 bits per heavy atom. The fourth-order valence-corrected chi connectivity index (χ4v) is 0.564. The molecule has 0 amide bonds. The molecular weight excluding hydrogens is 76.1 g/mol. The summed E-state index contributed by atoms with van der Waals surface area (Å²) in [5.74, 6) is 0. The van der Waals surface area contributed by atoms with Gasteiger partial charge in [0.05, 0.1) is 6.10 Å². The average Bonchev–Trinajstić information content (AvgIpc) is 2.19. The van der Waals surface area contributed by atoms with Crippen molar-refractivity contribution in [3.8, 4) is 0 Å². The Morgan fingerprint density at radius 2 is 2.33 bits per heavy atom. The average molecular weight is 85.1 g/mol. The van der Waals surface area contributed by atoms with E-state index in [0.29, 0.717) is 6.10 Å². The van der Waals surface area contributed by atoms with E-state index in [4.69, 9.17) is 4.74 Å². The van der Waals surface area contributed by atoms with E-state index in [1.807, 2.05) is 0 Å². The van der Waals surface area contributed by atoms with Crippen LogP contribution in [0.3, 0.4) is 0 Å². The molecule has 1 aliphatic rings. The molecule has 1 heteroatoms. The summed E-state index contributed by atoms with van der Waals surface area (Å²) in [4.78, 5) is 0. The number of ether oxygens (including phenoxy) is 1. The van der Waals surface area contributed by atoms with Gasteiger partial charge in [-0.1, -0.05) is 6.92 Å². The molecule has 0 aliphatic carbocycles. The molecule has 0 saturated carbocycles. The number of hydrogen-bond acceptors (Lipinski definition) is 1. The predicted octanol–water partition coefficient (Wildman–Crippen LogP) is 1.35. The topological polar surface area (TPSA) is 12.5 Å². The van der Waals surface area contributed by atoms with Gasteiger partial charge in [0.15, 0.2) is 0 Å². The lowest BCUT2D eigenvalue weighted by molar-refractivity contribution is 0.416. The van der Waals surface area contributed by atoms with Gasteiger partial charge in [0, 0.05) is 0 Å². The first-order chi connectivity index (χ1) is 2.84. The lowest BCUT2D eigenvalue weighted by Crippen LogP contribution is -1.71. The summed E-state index contributed by atoms with van der Waals surface area (Å²) in [7, 11) is 0. The van der Waals surface area contributed by atoms with Crippen molar-refractivity contribution in [2.45, 2.75) is 26.4 Å². The molecule has 1 rings (SSSR count). The molecule has 1 nitrogen and oxygen atoms in total. The number of epoxide rings is 1. The maximum atomic E-state index is 4.98. The Kier molecular flexibility index (Phi) is 0.845. The van der Waals surface area contributed by atoms with Crippen LogP contribution in [0.2, 0.25) is 0 Å². The fourth-order valence-electron chi connectivity index (χ4n) is 0.564. The first-order valence-corrected chi connectivity index (χ1v) is 2.37. The van der Waals surface area contributed by atoms with Gasteiger partial charge in [-0.3, -0.25) is 0 Å². The van der Waals surface area contributed by atoms with Crippen molar-refractivity contribution < 1.29 is 4.74 Å². The minimum atomic E-state index is 0.481. The van der Waals surface area contributed by atoms with E-state index in [2.05, 4.69) is 13.8 Å². The molecule has 0 N–H and O–H groups in total. The van der Waals surface area contributed by atoms with E-state index in [0.717, 1.165) is 6.42 Å². The first kappa shape index (κ1) is 4.13. The van der Waals surface area contributed by atoms with Crippen LogP contribution < -0.4 is 0 Å². The molecule has 1 atom stereocenters. The molecule has 1 unspecified atom stereocenters. The maximum Gasteiger partial charge on any atom is 0.126 e. The molecule has 1 radical (unpaired) electrons. The van der Waals surface area contributed by atoms with Gasteiger partial charge in [-0.25, -0.2) is 0 Å². The molecule has 0 aromatic rings. The Balaban J connectivity index is 2.09. The van der Waals surface area contributed by atoms with Gasteiger partial charge in [-0.15, -0.1) is 0 Å². The van der Waals surface area contributed by atoms with Gasteiger partial charge in [0.1, 0.15) is 6.10 Å². The second kappa shape index (κ2) is 1.23. The molecule has 35 valence electrons. The molecule has 1 saturated heterocycles. The first-order valence-electron chi connectivity index (χ1n) is 2.37. The van der Waals surface area contributed by atoms with E-state index in [-0.39, 0.29) is 0 Å². The van der Waals surface area contributed by atoms with Gasteiger partial charge < -0.3 is 4.74 Å². The Labute approximate surface area is 38.3 Å². The van der Waals surface area contributed by atoms with Crippen molar-refractivity contribution in [1.82, 2.24) is 0 Å². The van der Waals surface area contributed by atoms with Gasteiger partial charge in [0.25, 0.3) is 0 Å². The normalized spacial score (nSPS) is 34.0. The fraction of sp³-hybridized carbons (Fsp3) is 0.800. The van der Waals surface area contributed by atoms with E-state index < -0.39 is 0 Å². The monoisotopic (exact) mass is 85.1 g/mol. The third-order valence-corrected chi connectivity index (χ3v) is 1.07. The van der Waals surface area contributed by atoms with Crippen molar-refractivity contribution in [2.24, 2.45) is 0 Å². The summed E-state index contributed by atoms with van der Waals surface area (Å²) in [6, 6.07) is 0. The van der Waals surface area contributed by atoms with E-state index >= 15 is 0 Å². The third kappa shape index (κ3) is 0.548. The van der Waals surface area contributed by atoms with Crippen LogP contribution in [0.5, 0.6) is 0 Å². The van der Waals surface area contributed by atoms with Crippen molar-refractivity contribution in [3.63, 3.8) is 0 Å². The van der Waals surface area contributed by atoms with Crippen LogP contribution in [0.4, 0.5) is 0 Å². The second-order valence-corrected chi connectivity index (χ2v) is 1.58. The molecule has 6 heavy (non-hydrogen) atoms. The van der Waals surface area contributed by atoms with Crippen LogP contribution in [-0.4, -0.2) is 6.10 Å². The molecule has 0 aromatic carbocycles. The summed E-state index contributed by atoms with van der Waals surface area (Å²) in [5, 5.41) is 0. The summed E-state index contributed by atoms with van der Waals surface area (Å²) in [5.41, 5.74) is 0. The molecule has 0 spiro atoms. The highest BCUT2D eigenvalue weighted by molar-refractivity contribution is 4.98. The quantitative estimate of drug-likeness (QED) is 0.438. The Hall–Kier alpha value is -0.0400. The zero-order valence-corrected chi connectivity index (χ0v) is 4.19. The Morgan fingerprint density at radius 3 is 2.33 bits per heavy atom. The minimum absolute atomic E-state index is 0.481. The van der Waals surface area contributed by atoms with Gasteiger partial charge in [-0.2, -0.15) is 0 Å². The van der Waals surface area contributed by atoms with Crippen molar-refractivity contribution in [3.05, 3.63) is 6.10 Å². The Bertz CT molecular complexity index is 49.9. The van der Waals surface area contributed by atoms with Gasteiger partial charge in [0.2, 0.25) is 0 Å². The predicted molar refractivity (Wildman–Crippen MR) is 24.1 cm³/mol. The molecule has 1 heterocycles. The van der Waals surface area contributed by atoms with Gasteiger partial charge >= 0.3 is 0 Å². The highest BCUT2D eigenvalue weighted by atomic mass is 16.6. The van der Waals surface area contributed by atoms with Crippen LogP contribution in [0.25, 0.3) is 0 Å². The van der Waals surface area contributed by atoms with Crippen LogP contribution in [-0.2, 0) is 4.74 Å². The summed E-state index contributed by atoms with van der Waals surface area (Å²) < 4.78 is 4.98. The van der Waals surface area contributed by atoms with Crippen LogP contribution in [0.1, 0.15) is 20.3 Å². The molecule has 0 bridgehead atoms. The maximum absolute atomic E-state index is 4.98. The van der Waals surface area contributed by atoms with E-state index in [9.17, 15) is 0 Å². The highest BCUT2D eigenvalue weighted by Gasteiger charge is 2.33. The van der Waals surface area contributed by atoms with Crippen molar-refractivity contribution >= 4 is 0 Å². The van der Waals surface area contributed by atoms with Crippen molar-refractivity contribution in [2.75, 3.05) is 0 Å². The summed E-state index contributed by atoms with van der Waals surface area (Å²) in [6.45, 7) is 4.18. The number of rotatable bonds is 1. The highest BCUT2D eigenvalue weighted by Crippen LogP contribution is 2.32. The minimum Gasteiger partial charge on any atom is -0.363 e. The van der Waals surface area contributed by atoms with E-state index in [1.165, 1.54) is 6.10 Å². The molecule has 1 aliphatic heterocycles. The summed E-state index contributed by atoms with van der Waals surface area (Å²) in [6.07, 6.45) is 2.84. The molecule has 1 fully saturated rings. The lowest BCUT2D eigenvalue weighted by atomic mass is 10.3. The lowest BCUT2D eigenvalue weighted by Gasteiger charge is -1.70. The second-order valence-electron chi connectivity index (χ2n) is 1.58. The van der Waals surface area contributed by atoms with Gasteiger partial charge in [-0.05, 0) is 13.3 Å². The van der Waals surface area contributed by atoms with Crippen LogP contribution in [0.15, 0.2) is 0 Å². The van der Waals surface area contributed by atoms with Crippen LogP contribution >= 0.6 is 0 Å². The largest absolute Gasteiger partial charge is 0.363 e. The zero-order chi connectivity index (χ0) is 4.57. The zero-order valence-electron chi connectivity index (χ0n) is 4.19. The van der Waals surface area contributed by atoms with E-state index in [1.54, 1.807) is 0 Å². The molecule has 0 aromatic heterocycles. The third-order valence-electron chi connectivity index (χ3n) is 1.07. The standard InChI is InChI=1S/C5H9O/c1-3-5-4(2)6-5/h4H,3H2,1-2H3. The molecular formula is C5H9O. The van der Waals surface area contributed by atoms with Crippen LogP contribution in [0, 0.1) is 6.10 Å². The SMILES string of the molecule is CC[C]1OC1C.